The molecule has 0 saturated carbocycles. The molecule has 156 valence electrons. The molecule has 1 aliphatic rings. The standard InChI is InChI=1S/C23H23FN2O4/c1-28-19-9-2-3-10-20(19)29-15-16-11-12-21(30-16)23(27)25-22-17(24)7-6-8-18(22)26-13-4-5-14-26/h2-3,6-12H,4-5,13-15H2,1H3,(H,25,27). The first-order chi connectivity index (χ1) is 14.7. The molecular weight excluding hydrogens is 387 g/mol. The van der Waals surface area contributed by atoms with Crippen LogP contribution >= 0.6 is 0 Å². The van der Waals surface area contributed by atoms with Crippen LogP contribution < -0.4 is 19.7 Å². The minimum Gasteiger partial charge on any atom is -0.493 e. The Morgan fingerprint density at radius 1 is 1.07 bits per heavy atom. The van der Waals surface area contributed by atoms with Crippen molar-refractivity contribution in [1.29, 1.82) is 0 Å². The number of benzene rings is 2. The van der Waals surface area contributed by atoms with E-state index in [0.717, 1.165) is 25.9 Å². The fourth-order valence-corrected chi connectivity index (χ4v) is 3.50. The van der Waals surface area contributed by atoms with E-state index in [9.17, 15) is 9.18 Å². The van der Waals surface area contributed by atoms with Gasteiger partial charge in [-0.05, 0) is 49.2 Å². The van der Waals surface area contributed by atoms with E-state index < -0.39 is 11.7 Å². The molecule has 1 saturated heterocycles. The van der Waals surface area contributed by atoms with Crippen LogP contribution in [0, 0.1) is 5.82 Å². The molecule has 1 amide bonds. The molecule has 0 aliphatic carbocycles. The summed E-state index contributed by atoms with van der Waals surface area (Å²) >= 11 is 0. The summed E-state index contributed by atoms with van der Waals surface area (Å²) in [6.45, 7) is 1.82. The Hall–Kier alpha value is -3.48. The number of rotatable bonds is 7. The molecule has 4 rings (SSSR count). The number of hydrogen-bond acceptors (Lipinski definition) is 5. The second kappa shape index (κ2) is 8.90. The van der Waals surface area contributed by atoms with Crippen LogP contribution in [0.3, 0.4) is 0 Å². The Morgan fingerprint density at radius 2 is 1.83 bits per heavy atom. The second-order valence-corrected chi connectivity index (χ2v) is 6.99. The van der Waals surface area contributed by atoms with Crippen molar-refractivity contribution in [2.45, 2.75) is 19.4 Å². The van der Waals surface area contributed by atoms with Crippen LogP contribution in [0.25, 0.3) is 0 Å². The number of nitrogens with one attached hydrogen (secondary N) is 1. The van der Waals surface area contributed by atoms with Crippen LogP contribution in [-0.2, 0) is 6.61 Å². The van der Waals surface area contributed by atoms with Crippen molar-refractivity contribution in [3.05, 3.63) is 71.9 Å². The molecule has 30 heavy (non-hydrogen) atoms. The lowest BCUT2D eigenvalue weighted by molar-refractivity contribution is 0.0992. The number of methoxy groups -OCH3 is 1. The van der Waals surface area contributed by atoms with E-state index in [4.69, 9.17) is 13.9 Å². The molecule has 6 nitrogen and oxygen atoms in total. The number of nitrogens with zero attached hydrogens (tertiary/aromatic N) is 1. The smallest absolute Gasteiger partial charge is 0.291 e. The van der Waals surface area contributed by atoms with Crippen molar-refractivity contribution in [1.82, 2.24) is 0 Å². The molecule has 2 heterocycles. The first kappa shape index (κ1) is 19.8. The van der Waals surface area contributed by atoms with Gasteiger partial charge in [0.1, 0.15) is 23.9 Å². The van der Waals surface area contributed by atoms with Crippen molar-refractivity contribution >= 4 is 17.3 Å². The van der Waals surface area contributed by atoms with Crippen LogP contribution in [0.5, 0.6) is 11.5 Å². The lowest BCUT2D eigenvalue weighted by Crippen LogP contribution is -2.21. The highest BCUT2D eigenvalue weighted by molar-refractivity contribution is 6.04. The van der Waals surface area contributed by atoms with Crippen LogP contribution in [0.15, 0.2) is 59.0 Å². The third-order valence-electron chi connectivity index (χ3n) is 5.00. The van der Waals surface area contributed by atoms with Gasteiger partial charge in [0.15, 0.2) is 17.3 Å². The van der Waals surface area contributed by atoms with Crippen LogP contribution in [0.1, 0.15) is 29.2 Å². The van der Waals surface area contributed by atoms with Gasteiger partial charge >= 0.3 is 0 Å². The van der Waals surface area contributed by atoms with Gasteiger partial charge in [0.05, 0.1) is 12.8 Å². The topological polar surface area (TPSA) is 63.9 Å². The molecule has 1 aliphatic heterocycles. The number of carbonyl (C=O) groups is 1. The van der Waals surface area contributed by atoms with E-state index in [0.29, 0.717) is 22.9 Å². The quantitative estimate of drug-likeness (QED) is 0.603. The van der Waals surface area contributed by atoms with Crippen molar-refractivity contribution in [3.8, 4) is 11.5 Å². The number of hydrogen-bond donors (Lipinski definition) is 1. The zero-order valence-corrected chi connectivity index (χ0v) is 16.7. The number of halogens is 1. The lowest BCUT2D eigenvalue weighted by atomic mass is 10.2. The van der Waals surface area contributed by atoms with Gasteiger partial charge < -0.3 is 24.1 Å². The summed E-state index contributed by atoms with van der Waals surface area (Å²) in [6.07, 6.45) is 2.11. The average molecular weight is 410 g/mol. The molecule has 0 atom stereocenters. The molecule has 1 N–H and O–H groups in total. The Balaban J connectivity index is 1.45. The molecule has 0 unspecified atom stereocenters. The van der Waals surface area contributed by atoms with Gasteiger partial charge in [-0.3, -0.25) is 4.79 Å². The Bertz CT molecular complexity index is 1030. The summed E-state index contributed by atoms with van der Waals surface area (Å²) < 4.78 is 31.0. The van der Waals surface area contributed by atoms with E-state index in [2.05, 4.69) is 10.2 Å². The van der Waals surface area contributed by atoms with Crippen molar-refractivity contribution < 1.29 is 23.1 Å². The summed E-state index contributed by atoms with van der Waals surface area (Å²) in [5.74, 6) is 0.756. The van der Waals surface area contributed by atoms with E-state index >= 15 is 0 Å². The molecule has 0 spiro atoms. The zero-order chi connectivity index (χ0) is 20.9. The molecule has 1 fully saturated rings. The Morgan fingerprint density at radius 3 is 2.60 bits per heavy atom. The van der Waals surface area contributed by atoms with E-state index in [1.165, 1.54) is 6.07 Å². The molecule has 1 aromatic heterocycles. The number of amides is 1. The fraction of sp³-hybridized carbons (Fsp3) is 0.261. The summed E-state index contributed by atoms with van der Waals surface area (Å²) in [6, 6.07) is 15.3. The van der Waals surface area contributed by atoms with Gasteiger partial charge in [-0.15, -0.1) is 0 Å². The van der Waals surface area contributed by atoms with E-state index in [1.54, 1.807) is 37.4 Å². The Labute approximate surface area is 174 Å². The minimum atomic E-state index is -0.510. The summed E-state index contributed by atoms with van der Waals surface area (Å²) in [4.78, 5) is 14.7. The summed E-state index contributed by atoms with van der Waals surface area (Å²) in [5, 5.41) is 2.67. The van der Waals surface area contributed by atoms with Gasteiger partial charge in [-0.1, -0.05) is 18.2 Å². The highest BCUT2D eigenvalue weighted by Crippen LogP contribution is 2.32. The number of para-hydroxylation sites is 3. The maximum Gasteiger partial charge on any atom is 0.291 e. The van der Waals surface area contributed by atoms with E-state index in [1.807, 2.05) is 18.2 Å². The minimum absolute atomic E-state index is 0.0873. The summed E-state index contributed by atoms with van der Waals surface area (Å²) in [7, 11) is 1.57. The third-order valence-corrected chi connectivity index (χ3v) is 5.00. The SMILES string of the molecule is COc1ccccc1OCc1ccc(C(=O)Nc2c(F)cccc2N2CCCC2)o1. The van der Waals surface area contributed by atoms with Gasteiger partial charge in [-0.25, -0.2) is 4.39 Å². The number of anilines is 2. The van der Waals surface area contributed by atoms with Crippen molar-refractivity contribution in [2.75, 3.05) is 30.4 Å². The number of ether oxygens (including phenoxy) is 2. The number of furan rings is 1. The highest BCUT2D eigenvalue weighted by Gasteiger charge is 2.21. The van der Waals surface area contributed by atoms with Crippen LogP contribution in [0.2, 0.25) is 0 Å². The maximum atomic E-state index is 14.5. The fourth-order valence-electron chi connectivity index (χ4n) is 3.50. The second-order valence-electron chi connectivity index (χ2n) is 6.99. The zero-order valence-electron chi connectivity index (χ0n) is 16.7. The molecule has 3 aromatic rings. The highest BCUT2D eigenvalue weighted by atomic mass is 19.1. The van der Waals surface area contributed by atoms with Gasteiger partial charge in [-0.2, -0.15) is 0 Å². The maximum absolute atomic E-state index is 14.5. The number of carbonyl (C=O) groups excluding carboxylic acids is 1. The predicted octanol–water partition coefficient (Wildman–Crippen LogP) is 4.86. The summed E-state index contributed by atoms with van der Waals surface area (Å²) in [5.41, 5.74) is 0.861. The van der Waals surface area contributed by atoms with Crippen molar-refractivity contribution in [2.24, 2.45) is 0 Å². The first-order valence-electron chi connectivity index (χ1n) is 9.85. The first-order valence-corrected chi connectivity index (χ1v) is 9.85. The predicted molar refractivity (Wildman–Crippen MR) is 112 cm³/mol. The van der Waals surface area contributed by atoms with E-state index in [-0.39, 0.29) is 18.1 Å². The molecule has 0 radical (unpaired) electrons. The van der Waals surface area contributed by atoms with Crippen LogP contribution in [-0.4, -0.2) is 26.1 Å². The lowest BCUT2D eigenvalue weighted by Gasteiger charge is -2.21. The molecular formula is C23H23FN2O4. The third kappa shape index (κ3) is 4.25. The van der Waals surface area contributed by atoms with Crippen LogP contribution in [0.4, 0.5) is 15.8 Å². The Kier molecular flexibility index (Phi) is 5.88. The monoisotopic (exact) mass is 410 g/mol. The van der Waals surface area contributed by atoms with Gasteiger partial charge in [0.2, 0.25) is 0 Å². The molecule has 0 bridgehead atoms. The average Bonchev–Trinajstić information content (AvgIpc) is 3.46. The normalized spacial score (nSPS) is 13.3. The van der Waals surface area contributed by atoms with Gasteiger partial charge in [0.25, 0.3) is 5.91 Å². The molecule has 7 heteroatoms. The van der Waals surface area contributed by atoms with Crippen molar-refractivity contribution in [3.63, 3.8) is 0 Å². The molecule has 2 aromatic carbocycles. The largest absolute Gasteiger partial charge is 0.493 e. The van der Waals surface area contributed by atoms with Gasteiger partial charge in [0, 0.05) is 13.1 Å².